The summed E-state index contributed by atoms with van der Waals surface area (Å²) in [6, 6.07) is 8.16. The highest BCUT2D eigenvalue weighted by molar-refractivity contribution is 5.80. The average molecular weight is 273 g/mol. The van der Waals surface area contributed by atoms with Crippen molar-refractivity contribution in [3.05, 3.63) is 30.1 Å². The second-order valence-electron chi connectivity index (χ2n) is 4.78. The van der Waals surface area contributed by atoms with Crippen LogP contribution in [0.3, 0.4) is 0 Å². The van der Waals surface area contributed by atoms with Crippen LogP contribution in [0.2, 0.25) is 0 Å². The normalized spacial score (nSPS) is 11.8. The van der Waals surface area contributed by atoms with Crippen molar-refractivity contribution >= 4 is 17.0 Å². The van der Waals surface area contributed by atoms with Gasteiger partial charge in [-0.2, -0.15) is 0 Å². The summed E-state index contributed by atoms with van der Waals surface area (Å²) in [6.07, 6.45) is 2.32. The van der Waals surface area contributed by atoms with Crippen LogP contribution in [0.5, 0.6) is 0 Å². The van der Waals surface area contributed by atoms with E-state index in [1.165, 1.54) is 6.42 Å². The Morgan fingerprint density at radius 3 is 2.80 bits per heavy atom. The van der Waals surface area contributed by atoms with Crippen molar-refractivity contribution in [2.45, 2.75) is 26.3 Å². The van der Waals surface area contributed by atoms with E-state index in [1.807, 2.05) is 25.2 Å². The fourth-order valence-electron chi connectivity index (χ4n) is 2.12. The highest BCUT2D eigenvalue weighted by Crippen LogP contribution is 2.13. The molecule has 108 valence electrons. The summed E-state index contributed by atoms with van der Waals surface area (Å²) in [5.41, 5.74) is 2.18. The van der Waals surface area contributed by atoms with Gasteiger partial charge < -0.3 is 15.2 Å². The van der Waals surface area contributed by atoms with Crippen LogP contribution in [0, 0.1) is 0 Å². The first-order chi connectivity index (χ1) is 9.76. The SMILES string of the molecule is CCCCNC(=NC)NCc1nc2ccccc2n1C. The number of hydrogen-bond donors (Lipinski definition) is 2. The molecule has 0 aliphatic carbocycles. The highest BCUT2D eigenvalue weighted by Gasteiger charge is 2.07. The lowest BCUT2D eigenvalue weighted by Crippen LogP contribution is -2.37. The first-order valence-electron chi connectivity index (χ1n) is 7.11. The number of guanidine groups is 1. The van der Waals surface area contributed by atoms with Crippen LogP contribution < -0.4 is 10.6 Å². The maximum atomic E-state index is 4.63. The predicted molar refractivity (Wildman–Crippen MR) is 83.8 cm³/mol. The molecule has 0 atom stereocenters. The van der Waals surface area contributed by atoms with Crippen LogP contribution in [0.25, 0.3) is 11.0 Å². The number of aromatic nitrogens is 2. The predicted octanol–water partition coefficient (Wildman–Crippen LogP) is 2.04. The zero-order valence-corrected chi connectivity index (χ0v) is 12.5. The second-order valence-corrected chi connectivity index (χ2v) is 4.78. The van der Waals surface area contributed by atoms with Crippen molar-refractivity contribution in [3.63, 3.8) is 0 Å². The molecule has 0 bridgehead atoms. The lowest BCUT2D eigenvalue weighted by atomic mass is 10.3. The lowest BCUT2D eigenvalue weighted by Gasteiger charge is -2.11. The second kappa shape index (κ2) is 6.93. The standard InChI is InChI=1S/C15H23N5/c1-4-5-10-17-15(16-2)18-11-14-19-12-8-6-7-9-13(12)20(14)3/h6-9H,4-5,10-11H2,1-3H3,(H2,16,17,18). The third-order valence-electron chi connectivity index (χ3n) is 3.34. The highest BCUT2D eigenvalue weighted by atomic mass is 15.2. The number of aryl methyl sites for hydroxylation is 1. The van der Waals surface area contributed by atoms with Crippen LogP contribution in [0.4, 0.5) is 0 Å². The van der Waals surface area contributed by atoms with Crippen LogP contribution in [-0.4, -0.2) is 29.1 Å². The van der Waals surface area contributed by atoms with E-state index in [0.717, 1.165) is 35.8 Å². The first kappa shape index (κ1) is 14.4. The molecule has 1 aromatic carbocycles. The molecule has 0 unspecified atom stereocenters. The topological polar surface area (TPSA) is 54.2 Å². The molecule has 2 rings (SSSR count). The number of unbranched alkanes of at least 4 members (excludes halogenated alkanes) is 1. The van der Waals surface area contributed by atoms with Gasteiger partial charge in [0, 0.05) is 20.6 Å². The number of aliphatic imine (C=N–C) groups is 1. The summed E-state index contributed by atoms with van der Waals surface area (Å²) in [4.78, 5) is 8.85. The molecule has 1 heterocycles. The van der Waals surface area contributed by atoms with E-state index in [0.29, 0.717) is 6.54 Å². The summed E-state index contributed by atoms with van der Waals surface area (Å²) in [7, 11) is 3.83. The van der Waals surface area contributed by atoms with E-state index in [4.69, 9.17) is 0 Å². The molecular weight excluding hydrogens is 250 g/mol. The van der Waals surface area contributed by atoms with Gasteiger partial charge in [0.2, 0.25) is 0 Å². The average Bonchev–Trinajstić information content (AvgIpc) is 2.80. The third-order valence-corrected chi connectivity index (χ3v) is 3.34. The number of nitrogens with one attached hydrogen (secondary N) is 2. The van der Waals surface area contributed by atoms with Crippen molar-refractivity contribution in [2.24, 2.45) is 12.0 Å². The molecule has 0 fully saturated rings. The Morgan fingerprint density at radius 2 is 2.10 bits per heavy atom. The molecule has 0 aliphatic heterocycles. The molecule has 20 heavy (non-hydrogen) atoms. The molecule has 0 spiro atoms. The number of benzene rings is 1. The Balaban J connectivity index is 1.99. The van der Waals surface area contributed by atoms with Gasteiger partial charge >= 0.3 is 0 Å². The van der Waals surface area contributed by atoms with Gasteiger partial charge in [0.1, 0.15) is 5.82 Å². The molecule has 0 amide bonds. The van der Waals surface area contributed by atoms with E-state index >= 15 is 0 Å². The Kier molecular flexibility index (Phi) is 4.98. The Morgan fingerprint density at radius 1 is 1.30 bits per heavy atom. The molecule has 0 radical (unpaired) electrons. The van der Waals surface area contributed by atoms with Crippen LogP contribution in [0.1, 0.15) is 25.6 Å². The van der Waals surface area contributed by atoms with Crippen molar-refractivity contribution in [3.8, 4) is 0 Å². The lowest BCUT2D eigenvalue weighted by molar-refractivity contribution is 0.708. The van der Waals surface area contributed by atoms with E-state index in [2.05, 4.69) is 38.2 Å². The van der Waals surface area contributed by atoms with Crippen molar-refractivity contribution in [1.29, 1.82) is 0 Å². The van der Waals surface area contributed by atoms with Gasteiger partial charge in [-0.05, 0) is 18.6 Å². The number of nitrogens with zero attached hydrogens (tertiary/aromatic N) is 3. The fraction of sp³-hybridized carbons (Fsp3) is 0.467. The summed E-state index contributed by atoms with van der Waals surface area (Å²) in [5, 5.41) is 6.60. The molecule has 1 aromatic heterocycles. The minimum atomic E-state index is 0.664. The minimum Gasteiger partial charge on any atom is -0.356 e. The monoisotopic (exact) mass is 273 g/mol. The molecule has 2 N–H and O–H groups in total. The van der Waals surface area contributed by atoms with Gasteiger partial charge in [-0.25, -0.2) is 4.98 Å². The number of fused-ring (bicyclic) bond motifs is 1. The minimum absolute atomic E-state index is 0.664. The zero-order valence-electron chi connectivity index (χ0n) is 12.5. The van der Waals surface area contributed by atoms with Crippen LogP contribution >= 0.6 is 0 Å². The molecule has 0 saturated heterocycles. The molecule has 2 aromatic rings. The first-order valence-corrected chi connectivity index (χ1v) is 7.11. The maximum Gasteiger partial charge on any atom is 0.191 e. The smallest absolute Gasteiger partial charge is 0.191 e. The van der Waals surface area contributed by atoms with Gasteiger partial charge in [-0.1, -0.05) is 25.5 Å². The Labute approximate surface area is 120 Å². The third kappa shape index (κ3) is 3.29. The van der Waals surface area contributed by atoms with Gasteiger partial charge in [0.25, 0.3) is 0 Å². The van der Waals surface area contributed by atoms with Gasteiger partial charge in [-0.15, -0.1) is 0 Å². The molecule has 5 nitrogen and oxygen atoms in total. The molecule has 0 saturated carbocycles. The van der Waals surface area contributed by atoms with Crippen molar-refractivity contribution in [1.82, 2.24) is 20.2 Å². The molecular formula is C15H23N5. The number of para-hydroxylation sites is 2. The quantitative estimate of drug-likeness (QED) is 0.498. The summed E-state index contributed by atoms with van der Waals surface area (Å²) in [5.74, 6) is 1.83. The van der Waals surface area contributed by atoms with Crippen LogP contribution in [-0.2, 0) is 13.6 Å². The molecule has 5 heteroatoms. The van der Waals surface area contributed by atoms with E-state index in [-0.39, 0.29) is 0 Å². The van der Waals surface area contributed by atoms with E-state index in [9.17, 15) is 0 Å². The summed E-state index contributed by atoms with van der Waals surface area (Å²) < 4.78 is 2.11. The van der Waals surface area contributed by atoms with Gasteiger partial charge in [-0.3, -0.25) is 4.99 Å². The van der Waals surface area contributed by atoms with Crippen molar-refractivity contribution in [2.75, 3.05) is 13.6 Å². The Bertz CT molecular complexity index is 585. The van der Waals surface area contributed by atoms with Crippen LogP contribution in [0.15, 0.2) is 29.3 Å². The summed E-state index contributed by atoms with van der Waals surface area (Å²) in [6.45, 7) is 3.78. The largest absolute Gasteiger partial charge is 0.356 e. The number of imidazole rings is 1. The summed E-state index contributed by atoms with van der Waals surface area (Å²) >= 11 is 0. The molecule has 0 aliphatic rings. The van der Waals surface area contributed by atoms with E-state index in [1.54, 1.807) is 7.05 Å². The van der Waals surface area contributed by atoms with E-state index < -0.39 is 0 Å². The Hall–Kier alpha value is -2.04. The number of hydrogen-bond acceptors (Lipinski definition) is 2. The fourth-order valence-corrected chi connectivity index (χ4v) is 2.12. The zero-order chi connectivity index (χ0) is 14.4. The van der Waals surface area contributed by atoms with Gasteiger partial charge in [0.05, 0.1) is 17.6 Å². The van der Waals surface area contributed by atoms with Crippen molar-refractivity contribution < 1.29 is 0 Å². The number of rotatable bonds is 5. The van der Waals surface area contributed by atoms with Gasteiger partial charge in [0.15, 0.2) is 5.96 Å². The maximum absolute atomic E-state index is 4.63.